The number of carbonyl (C=O) groups excluding carboxylic acids is 1. The molecular formula is C21H19BrN4O2S. The van der Waals surface area contributed by atoms with Crippen LogP contribution in [0.4, 0.5) is 0 Å². The van der Waals surface area contributed by atoms with E-state index in [4.69, 9.17) is 5.73 Å². The highest BCUT2D eigenvalue weighted by Gasteiger charge is 2.25. The van der Waals surface area contributed by atoms with Crippen LogP contribution in [0.3, 0.4) is 0 Å². The standard InChI is InChI=1S/C21H19BrN4O2S/c22-17-11-18(29-19(17)15-6-8-24-20-16(15)7-9-25-20)21(27)26(28)14(12-23)10-13-4-2-1-3-5-13/h1-9,11,14,28H,10,12,23H2,(H,24,25). The Morgan fingerprint density at radius 1 is 1.28 bits per heavy atom. The lowest BCUT2D eigenvalue weighted by Crippen LogP contribution is -2.43. The van der Waals surface area contributed by atoms with Gasteiger partial charge in [-0.15, -0.1) is 11.3 Å². The summed E-state index contributed by atoms with van der Waals surface area (Å²) in [6.07, 6.45) is 4.04. The number of pyridine rings is 1. The van der Waals surface area contributed by atoms with Gasteiger partial charge >= 0.3 is 0 Å². The van der Waals surface area contributed by atoms with Gasteiger partial charge in [-0.3, -0.25) is 10.0 Å². The van der Waals surface area contributed by atoms with Gasteiger partial charge in [0, 0.05) is 34.4 Å². The van der Waals surface area contributed by atoms with Crippen molar-refractivity contribution < 1.29 is 10.0 Å². The molecule has 8 heteroatoms. The molecule has 4 rings (SSSR count). The fraction of sp³-hybridized carbons (Fsp3) is 0.143. The third-order valence-corrected chi connectivity index (χ3v) is 6.79. The first-order valence-electron chi connectivity index (χ1n) is 9.06. The van der Waals surface area contributed by atoms with Crippen molar-refractivity contribution in [2.45, 2.75) is 12.5 Å². The number of nitrogens with zero attached hydrogens (tertiary/aromatic N) is 2. The fourth-order valence-electron chi connectivity index (χ4n) is 3.25. The molecule has 148 valence electrons. The molecule has 0 aliphatic heterocycles. The lowest BCUT2D eigenvalue weighted by molar-refractivity contribution is -0.0856. The number of benzene rings is 1. The molecule has 0 radical (unpaired) electrons. The van der Waals surface area contributed by atoms with Crippen LogP contribution in [0.25, 0.3) is 21.5 Å². The first-order chi connectivity index (χ1) is 14.1. The summed E-state index contributed by atoms with van der Waals surface area (Å²) in [5, 5.41) is 12.3. The first-order valence-corrected chi connectivity index (χ1v) is 10.7. The Morgan fingerprint density at radius 2 is 2.07 bits per heavy atom. The van der Waals surface area contributed by atoms with Gasteiger partial charge in [0.05, 0.1) is 15.8 Å². The number of fused-ring (bicyclic) bond motifs is 1. The van der Waals surface area contributed by atoms with Crippen molar-refractivity contribution in [3.63, 3.8) is 0 Å². The van der Waals surface area contributed by atoms with Crippen molar-refractivity contribution in [2.24, 2.45) is 5.73 Å². The van der Waals surface area contributed by atoms with E-state index in [1.54, 1.807) is 12.3 Å². The van der Waals surface area contributed by atoms with Crippen LogP contribution < -0.4 is 5.73 Å². The number of amides is 1. The molecule has 1 atom stereocenters. The first kappa shape index (κ1) is 19.8. The average molecular weight is 471 g/mol. The molecule has 0 saturated heterocycles. The van der Waals surface area contributed by atoms with Gasteiger partial charge in [0.25, 0.3) is 5.91 Å². The normalized spacial score (nSPS) is 12.2. The number of thiophene rings is 1. The predicted molar refractivity (Wildman–Crippen MR) is 118 cm³/mol. The van der Waals surface area contributed by atoms with Gasteiger partial charge < -0.3 is 10.7 Å². The minimum absolute atomic E-state index is 0.158. The number of aromatic amines is 1. The molecule has 4 N–H and O–H groups in total. The number of nitrogens with two attached hydrogens (primary N) is 1. The maximum atomic E-state index is 12.9. The minimum Gasteiger partial charge on any atom is -0.346 e. The molecule has 3 aromatic heterocycles. The highest BCUT2D eigenvalue weighted by Crippen LogP contribution is 2.39. The van der Waals surface area contributed by atoms with Crippen LogP contribution in [-0.4, -0.2) is 38.7 Å². The Kier molecular flexibility index (Phi) is 5.77. The molecule has 6 nitrogen and oxygen atoms in total. The molecule has 0 fully saturated rings. The number of halogens is 1. The quantitative estimate of drug-likeness (QED) is 0.286. The Balaban J connectivity index is 1.61. The Hall–Kier alpha value is -2.52. The van der Waals surface area contributed by atoms with Crippen LogP contribution in [0, 0.1) is 0 Å². The second-order valence-electron chi connectivity index (χ2n) is 6.62. The molecule has 1 amide bonds. The van der Waals surface area contributed by atoms with Crippen LogP contribution in [0.1, 0.15) is 15.2 Å². The Morgan fingerprint density at radius 3 is 2.83 bits per heavy atom. The molecule has 0 aliphatic rings. The number of hydroxylamine groups is 2. The molecule has 0 bridgehead atoms. The van der Waals surface area contributed by atoms with Gasteiger partial charge in [0.1, 0.15) is 5.65 Å². The van der Waals surface area contributed by atoms with Crippen molar-refractivity contribution in [1.29, 1.82) is 0 Å². The van der Waals surface area contributed by atoms with Gasteiger partial charge in [-0.2, -0.15) is 0 Å². The molecule has 1 unspecified atom stereocenters. The van der Waals surface area contributed by atoms with Crippen LogP contribution in [-0.2, 0) is 6.42 Å². The molecule has 1 aromatic carbocycles. The largest absolute Gasteiger partial charge is 0.346 e. The van der Waals surface area contributed by atoms with Crippen LogP contribution >= 0.6 is 27.3 Å². The molecule has 3 heterocycles. The van der Waals surface area contributed by atoms with E-state index in [0.29, 0.717) is 11.3 Å². The third-order valence-electron chi connectivity index (χ3n) is 4.74. The molecule has 0 aliphatic carbocycles. The minimum atomic E-state index is -0.508. The number of hydrogen-bond donors (Lipinski definition) is 3. The molecule has 29 heavy (non-hydrogen) atoms. The summed E-state index contributed by atoms with van der Waals surface area (Å²) < 4.78 is 0.792. The maximum absolute atomic E-state index is 12.9. The van der Waals surface area contributed by atoms with Gasteiger partial charge in [-0.1, -0.05) is 30.3 Å². The summed E-state index contributed by atoms with van der Waals surface area (Å²) >= 11 is 4.88. The van der Waals surface area contributed by atoms with Gasteiger partial charge in [-0.05, 0) is 46.1 Å². The van der Waals surface area contributed by atoms with E-state index < -0.39 is 11.9 Å². The fourth-order valence-corrected chi connectivity index (χ4v) is 5.11. The summed E-state index contributed by atoms with van der Waals surface area (Å²) in [7, 11) is 0. The zero-order chi connectivity index (χ0) is 20.4. The highest BCUT2D eigenvalue weighted by atomic mass is 79.9. The molecule has 0 spiro atoms. The lowest BCUT2D eigenvalue weighted by Gasteiger charge is -2.24. The average Bonchev–Trinajstić information content (AvgIpc) is 3.38. The zero-order valence-corrected chi connectivity index (χ0v) is 17.8. The number of H-pyrrole nitrogens is 1. The van der Waals surface area contributed by atoms with E-state index in [1.165, 1.54) is 11.3 Å². The number of rotatable bonds is 6. The van der Waals surface area contributed by atoms with E-state index in [-0.39, 0.29) is 6.54 Å². The van der Waals surface area contributed by atoms with Crippen LogP contribution in [0.2, 0.25) is 0 Å². The predicted octanol–water partition coefficient (Wildman–Crippen LogP) is 4.46. The van der Waals surface area contributed by atoms with Gasteiger partial charge in [-0.25, -0.2) is 10.0 Å². The molecular weight excluding hydrogens is 452 g/mol. The number of nitrogens with one attached hydrogen (secondary N) is 1. The molecule has 0 saturated carbocycles. The number of aromatic nitrogens is 2. The summed E-state index contributed by atoms with van der Waals surface area (Å²) in [6.45, 7) is 0.158. The van der Waals surface area contributed by atoms with E-state index in [1.807, 2.05) is 48.7 Å². The SMILES string of the molecule is NCC(Cc1ccccc1)N(O)C(=O)c1cc(Br)c(-c2ccnc3[nH]ccc23)s1. The topological polar surface area (TPSA) is 95.2 Å². The Bertz CT molecular complexity index is 1140. The summed E-state index contributed by atoms with van der Waals surface area (Å²) in [4.78, 5) is 21.7. The van der Waals surface area contributed by atoms with Crippen molar-refractivity contribution >= 4 is 44.2 Å². The van der Waals surface area contributed by atoms with Crippen molar-refractivity contribution in [3.05, 3.63) is 75.8 Å². The maximum Gasteiger partial charge on any atom is 0.287 e. The van der Waals surface area contributed by atoms with E-state index in [0.717, 1.165) is 36.6 Å². The second-order valence-corrected chi connectivity index (χ2v) is 8.52. The Labute approximate surface area is 180 Å². The van der Waals surface area contributed by atoms with E-state index in [9.17, 15) is 10.0 Å². The van der Waals surface area contributed by atoms with E-state index in [2.05, 4.69) is 25.9 Å². The van der Waals surface area contributed by atoms with Crippen molar-refractivity contribution in [3.8, 4) is 10.4 Å². The monoisotopic (exact) mass is 470 g/mol. The highest BCUT2D eigenvalue weighted by molar-refractivity contribution is 9.10. The van der Waals surface area contributed by atoms with Crippen LogP contribution in [0.5, 0.6) is 0 Å². The molecule has 4 aromatic rings. The zero-order valence-electron chi connectivity index (χ0n) is 15.4. The second kappa shape index (κ2) is 8.46. The summed E-state index contributed by atoms with van der Waals surface area (Å²) in [6, 6.07) is 14.8. The lowest BCUT2D eigenvalue weighted by atomic mass is 10.1. The number of carbonyl (C=O) groups is 1. The van der Waals surface area contributed by atoms with Crippen molar-refractivity contribution in [2.75, 3.05) is 6.54 Å². The van der Waals surface area contributed by atoms with Crippen LogP contribution in [0.15, 0.2) is 65.4 Å². The summed E-state index contributed by atoms with van der Waals surface area (Å²) in [5.74, 6) is -0.465. The number of hydrogen-bond acceptors (Lipinski definition) is 5. The third kappa shape index (κ3) is 3.97. The van der Waals surface area contributed by atoms with Gasteiger partial charge in [0.15, 0.2) is 0 Å². The van der Waals surface area contributed by atoms with E-state index >= 15 is 0 Å². The summed E-state index contributed by atoms with van der Waals surface area (Å²) in [5.41, 5.74) is 8.60. The smallest absolute Gasteiger partial charge is 0.287 e. The van der Waals surface area contributed by atoms with Gasteiger partial charge in [0.2, 0.25) is 0 Å². The van der Waals surface area contributed by atoms with Crippen molar-refractivity contribution in [1.82, 2.24) is 15.0 Å².